The molecule has 25 heavy (non-hydrogen) atoms. The number of amides is 1. The minimum atomic E-state index is -0.109. The highest BCUT2D eigenvalue weighted by atomic mass is 32.2. The number of hydrogen-bond acceptors (Lipinski definition) is 6. The zero-order valence-corrected chi connectivity index (χ0v) is 15.5. The molecule has 1 heterocycles. The summed E-state index contributed by atoms with van der Waals surface area (Å²) in [5.74, 6) is 0.564. The number of nitrogens with zero attached hydrogens (tertiary/aromatic N) is 2. The van der Waals surface area contributed by atoms with Crippen molar-refractivity contribution in [2.75, 3.05) is 17.3 Å². The van der Waals surface area contributed by atoms with Crippen molar-refractivity contribution in [3.05, 3.63) is 54.1 Å². The van der Waals surface area contributed by atoms with Crippen molar-refractivity contribution in [3.8, 4) is 11.5 Å². The van der Waals surface area contributed by atoms with E-state index in [-0.39, 0.29) is 11.7 Å². The molecule has 0 fully saturated rings. The molecule has 1 N–H and O–H groups in total. The molecule has 7 heteroatoms. The Labute approximate surface area is 154 Å². The van der Waals surface area contributed by atoms with Gasteiger partial charge in [0.15, 0.2) is 0 Å². The predicted octanol–water partition coefficient (Wildman–Crippen LogP) is 4.50. The lowest BCUT2D eigenvalue weighted by atomic mass is 10.1. The summed E-state index contributed by atoms with van der Waals surface area (Å²) in [4.78, 5) is 13.2. The van der Waals surface area contributed by atoms with E-state index in [0.717, 1.165) is 21.7 Å². The Morgan fingerprint density at radius 1 is 1.12 bits per heavy atom. The molecule has 0 aliphatic heterocycles. The first-order valence-corrected chi connectivity index (χ1v) is 9.83. The van der Waals surface area contributed by atoms with Crippen LogP contribution in [0.5, 0.6) is 0 Å². The van der Waals surface area contributed by atoms with Gasteiger partial charge in [-0.05, 0) is 36.9 Å². The standard InChI is InChI=1S/C18H17N3O2S2/c1-12-7-3-4-8-13(12)17-20-21-18(23-17)25-11-16(22)19-14-9-5-6-10-15(14)24-2/h3-10H,11H2,1-2H3,(H,19,22). The van der Waals surface area contributed by atoms with Crippen LogP contribution in [0.3, 0.4) is 0 Å². The Morgan fingerprint density at radius 3 is 2.68 bits per heavy atom. The molecular formula is C18H17N3O2S2. The highest BCUT2D eigenvalue weighted by Gasteiger charge is 2.13. The first-order chi connectivity index (χ1) is 12.2. The molecular weight excluding hydrogens is 354 g/mol. The maximum atomic E-state index is 12.2. The number of hydrogen-bond donors (Lipinski definition) is 1. The molecule has 0 saturated heterocycles. The minimum Gasteiger partial charge on any atom is -0.411 e. The summed E-state index contributed by atoms with van der Waals surface area (Å²) < 4.78 is 5.65. The largest absolute Gasteiger partial charge is 0.411 e. The second kappa shape index (κ2) is 8.22. The van der Waals surface area contributed by atoms with Crippen LogP contribution in [0.1, 0.15) is 5.56 Å². The van der Waals surface area contributed by atoms with Crippen molar-refractivity contribution in [1.29, 1.82) is 0 Å². The van der Waals surface area contributed by atoms with Crippen molar-refractivity contribution in [2.24, 2.45) is 0 Å². The number of aromatic nitrogens is 2. The van der Waals surface area contributed by atoms with E-state index in [4.69, 9.17) is 4.42 Å². The maximum absolute atomic E-state index is 12.2. The maximum Gasteiger partial charge on any atom is 0.277 e. The SMILES string of the molecule is CSc1ccccc1NC(=O)CSc1nnc(-c2ccccc2C)o1. The number of benzene rings is 2. The van der Waals surface area contributed by atoms with Gasteiger partial charge in [0.05, 0.1) is 11.4 Å². The van der Waals surface area contributed by atoms with E-state index in [1.54, 1.807) is 11.8 Å². The fourth-order valence-electron chi connectivity index (χ4n) is 2.25. The molecule has 3 aromatic rings. The zero-order valence-electron chi connectivity index (χ0n) is 13.9. The Bertz CT molecular complexity index is 880. The van der Waals surface area contributed by atoms with Crippen LogP contribution in [0, 0.1) is 6.92 Å². The first-order valence-electron chi connectivity index (χ1n) is 7.62. The van der Waals surface area contributed by atoms with Gasteiger partial charge in [-0.3, -0.25) is 4.79 Å². The summed E-state index contributed by atoms with van der Waals surface area (Å²) >= 11 is 2.82. The third-order valence-corrected chi connectivity index (χ3v) is 5.10. The Morgan fingerprint density at radius 2 is 1.88 bits per heavy atom. The number of anilines is 1. The molecule has 5 nitrogen and oxygen atoms in total. The summed E-state index contributed by atoms with van der Waals surface area (Å²) in [7, 11) is 0. The van der Waals surface area contributed by atoms with Crippen molar-refractivity contribution >= 4 is 35.1 Å². The minimum absolute atomic E-state index is 0.109. The highest BCUT2D eigenvalue weighted by molar-refractivity contribution is 7.99. The molecule has 0 radical (unpaired) electrons. The number of carbonyl (C=O) groups excluding carboxylic acids is 1. The fourth-order valence-corrected chi connectivity index (χ4v) is 3.37. The van der Waals surface area contributed by atoms with Gasteiger partial charge in [-0.25, -0.2) is 0 Å². The van der Waals surface area contributed by atoms with Crippen molar-refractivity contribution in [3.63, 3.8) is 0 Å². The van der Waals surface area contributed by atoms with Gasteiger partial charge >= 0.3 is 0 Å². The number of nitrogens with one attached hydrogen (secondary N) is 1. The Balaban J connectivity index is 1.61. The molecule has 0 unspecified atom stereocenters. The van der Waals surface area contributed by atoms with E-state index < -0.39 is 0 Å². The van der Waals surface area contributed by atoms with Gasteiger partial charge in [-0.2, -0.15) is 0 Å². The quantitative estimate of drug-likeness (QED) is 0.644. The van der Waals surface area contributed by atoms with Gasteiger partial charge in [0.2, 0.25) is 11.8 Å². The molecule has 0 bridgehead atoms. The van der Waals surface area contributed by atoms with Gasteiger partial charge in [0, 0.05) is 10.5 Å². The zero-order chi connectivity index (χ0) is 17.6. The lowest BCUT2D eigenvalue weighted by Gasteiger charge is -2.08. The second-order valence-corrected chi connectivity index (χ2v) is 7.00. The number of carbonyl (C=O) groups is 1. The normalized spacial score (nSPS) is 10.6. The summed E-state index contributed by atoms with van der Waals surface area (Å²) in [6.45, 7) is 1.99. The van der Waals surface area contributed by atoms with Crippen LogP contribution in [0.15, 0.2) is 63.1 Å². The summed E-state index contributed by atoms with van der Waals surface area (Å²) in [6, 6.07) is 15.5. The van der Waals surface area contributed by atoms with Gasteiger partial charge in [-0.15, -0.1) is 22.0 Å². The van der Waals surface area contributed by atoms with Gasteiger partial charge in [0.25, 0.3) is 5.22 Å². The number of rotatable bonds is 6. The summed E-state index contributed by atoms with van der Waals surface area (Å²) in [6.07, 6.45) is 1.98. The molecule has 0 aliphatic carbocycles. The number of para-hydroxylation sites is 1. The average molecular weight is 371 g/mol. The van der Waals surface area contributed by atoms with E-state index in [9.17, 15) is 4.79 Å². The van der Waals surface area contributed by atoms with E-state index >= 15 is 0 Å². The average Bonchev–Trinajstić information content (AvgIpc) is 3.09. The molecule has 0 aliphatic rings. The van der Waals surface area contributed by atoms with Crippen LogP contribution in [0.25, 0.3) is 11.5 Å². The number of thioether (sulfide) groups is 2. The van der Waals surface area contributed by atoms with E-state index in [1.807, 2.05) is 61.7 Å². The Hall–Kier alpha value is -2.25. The number of aryl methyl sites for hydroxylation is 1. The van der Waals surface area contributed by atoms with E-state index in [0.29, 0.717) is 11.1 Å². The fraction of sp³-hybridized carbons (Fsp3) is 0.167. The van der Waals surface area contributed by atoms with Crippen molar-refractivity contribution < 1.29 is 9.21 Å². The lowest BCUT2D eigenvalue weighted by Crippen LogP contribution is -2.14. The molecule has 128 valence electrons. The molecule has 0 saturated carbocycles. The molecule has 2 aromatic carbocycles. The summed E-state index contributed by atoms with van der Waals surface area (Å²) in [5.41, 5.74) is 2.78. The van der Waals surface area contributed by atoms with Crippen LogP contribution in [-0.2, 0) is 4.79 Å². The lowest BCUT2D eigenvalue weighted by molar-refractivity contribution is -0.113. The monoisotopic (exact) mass is 371 g/mol. The topological polar surface area (TPSA) is 68.0 Å². The Kier molecular flexibility index (Phi) is 5.78. The van der Waals surface area contributed by atoms with Gasteiger partial charge in [-0.1, -0.05) is 42.1 Å². The molecule has 1 aromatic heterocycles. The van der Waals surface area contributed by atoms with Crippen LogP contribution in [-0.4, -0.2) is 28.1 Å². The molecule has 1 amide bonds. The van der Waals surface area contributed by atoms with E-state index in [1.165, 1.54) is 11.8 Å². The molecule has 3 rings (SSSR count). The van der Waals surface area contributed by atoms with Crippen LogP contribution in [0.2, 0.25) is 0 Å². The van der Waals surface area contributed by atoms with Crippen molar-refractivity contribution in [2.45, 2.75) is 17.0 Å². The van der Waals surface area contributed by atoms with Crippen LogP contribution in [0.4, 0.5) is 5.69 Å². The summed E-state index contributed by atoms with van der Waals surface area (Å²) in [5, 5.41) is 11.4. The highest BCUT2D eigenvalue weighted by Crippen LogP contribution is 2.27. The second-order valence-electron chi connectivity index (χ2n) is 5.23. The first kappa shape index (κ1) is 17.6. The molecule has 0 atom stereocenters. The van der Waals surface area contributed by atoms with Crippen LogP contribution < -0.4 is 5.32 Å². The van der Waals surface area contributed by atoms with Crippen molar-refractivity contribution in [1.82, 2.24) is 10.2 Å². The third-order valence-electron chi connectivity index (χ3n) is 3.49. The third kappa shape index (κ3) is 4.43. The molecule has 0 spiro atoms. The van der Waals surface area contributed by atoms with E-state index in [2.05, 4.69) is 15.5 Å². The smallest absolute Gasteiger partial charge is 0.277 e. The van der Waals surface area contributed by atoms with Gasteiger partial charge < -0.3 is 9.73 Å². The predicted molar refractivity (Wildman–Crippen MR) is 102 cm³/mol. The van der Waals surface area contributed by atoms with Crippen LogP contribution >= 0.6 is 23.5 Å². The van der Waals surface area contributed by atoms with Gasteiger partial charge in [0.1, 0.15) is 0 Å².